The highest BCUT2D eigenvalue weighted by atomic mass is 79.9. The van der Waals surface area contributed by atoms with E-state index in [0.717, 1.165) is 37.8 Å². The molecule has 1 aromatic rings. The fraction of sp³-hybridized carbons (Fsp3) is 0.625. The van der Waals surface area contributed by atoms with Crippen molar-refractivity contribution in [2.24, 2.45) is 5.92 Å². The highest BCUT2D eigenvalue weighted by Gasteiger charge is 2.21. The van der Waals surface area contributed by atoms with Crippen LogP contribution in [0.5, 0.6) is 0 Å². The third kappa shape index (κ3) is 4.52. The van der Waals surface area contributed by atoms with Gasteiger partial charge in [-0.15, -0.1) is 0 Å². The van der Waals surface area contributed by atoms with Gasteiger partial charge in [0.25, 0.3) is 0 Å². The number of benzene rings is 1. The van der Waals surface area contributed by atoms with E-state index in [9.17, 15) is 8.78 Å². The second-order valence-electron chi connectivity index (χ2n) is 5.19. The lowest BCUT2D eigenvalue weighted by molar-refractivity contribution is 0.368. The third-order valence-corrected chi connectivity index (χ3v) is 4.61. The molecule has 0 radical (unpaired) electrons. The van der Waals surface area contributed by atoms with Gasteiger partial charge < -0.3 is 5.32 Å². The molecule has 0 aromatic heterocycles. The van der Waals surface area contributed by atoms with E-state index in [-0.39, 0.29) is 10.5 Å². The third-order valence-electron chi connectivity index (χ3n) is 3.80. The molecule has 1 rings (SSSR count). The number of nitrogens with one attached hydrogen (secondary N) is 1. The van der Waals surface area contributed by atoms with Crippen LogP contribution in [0.15, 0.2) is 16.6 Å². The Bertz CT molecular complexity index is 419. The summed E-state index contributed by atoms with van der Waals surface area (Å²) in [7, 11) is 0. The first-order valence-corrected chi connectivity index (χ1v) is 8.21. The van der Waals surface area contributed by atoms with Gasteiger partial charge in [-0.2, -0.15) is 0 Å². The Morgan fingerprint density at radius 3 is 2.35 bits per heavy atom. The summed E-state index contributed by atoms with van der Waals surface area (Å²) in [5.74, 6) is -1.02. The molecule has 0 saturated carbocycles. The Morgan fingerprint density at radius 2 is 1.80 bits per heavy atom. The molecule has 0 amide bonds. The zero-order chi connectivity index (χ0) is 15.1. The van der Waals surface area contributed by atoms with Gasteiger partial charge in [0.15, 0.2) is 11.6 Å². The van der Waals surface area contributed by atoms with Gasteiger partial charge in [0, 0.05) is 6.04 Å². The van der Waals surface area contributed by atoms with E-state index >= 15 is 0 Å². The zero-order valence-electron chi connectivity index (χ0n) is 12.5. The zero-order valence-corrected chi connectivity index (χ0v) is 14.1. The maximum atomic E-state index is 13.7. The fourth-order valence-electron chi connectivity index (χ4n) is 2.40. The van der Waals surface area contributed by atoms with Gasteiger partial charge in [-0.05, 0) is 52.9 Å². The Morgan fingerprint density at radius 1 is 1.15 bits per heavy atom. The number of halogens is 3. The van der Waals surface area contributed by atoms with E-state index in [4.69, 9.17) is 0 Å². The molecular weight excluding hydrogens is 324 g/mol. The lowest BCUT2D eigenvalue weighted by atomic mass is 9.91. The van der Waals surface area contributed by atoms with Crippen molar-refractivity contribution in [3.05, 3.63) is 33.8 Å². The maximum Gasteiger partial charge on any atom is 0.173 e. The predicted octanol–water partition coefficient (Wildman–Crippen LogP) is 5.59. The summed E-state index contributed by atoms with van der Waals surface area (Å²) in [5.41, 5.74) is 0.809. The van der Waals surface area contributed by atoms with Crippen LogP contribution in [-0.2, 0) is 0 Å². The summed E-state index contributed by atoms with van der Waals surface area (Å²) in [5, 5.41) is 3.45. The van der Waals surface area contributed by atoms with Gasteiger partial charge in [0.05, 0.1) is 4.47 Å². The van der Waals surface area contributed by atoms with Crippen LogP contribution < -0.4 is 5.32 Å². The monoisotopic (exact) mass is 347 g/mol. The van der Waals surface area contributed by atoms with E-state index < -0.39 is 11.6 Å². The molecule has 0 fully saturated rings. The van der Waals surface area contributed by atoms with Crippen LogP contribution in [0.1, 0.15) is 58.1 Å². The van der Waals surface area contributed by atoms with Crippen LogP contribution in [-0.4, -0.2) is 6.54 Å². The first kappa shape index (κ1) is 17.6. The molecule has 0 aliphatic heterocycles. The predicted molar refractivity (Wildman–Crippen MR) is 83.8 cm³/mol. The first-order chi connectivity index (χ1) is 9.54. The molecule has 20 heavy (non-hydrogen) atoms. The summed E-state index contributed by atoms with van der Waals surface area (Å²) in [6, 6.07) is 2.95. The minimum atomic E-state index is -0.808. The average Bonchev–Trinajstić information content (AvgIpc) is 2.46. The number of hydrogen-bond donors (Lipinski definition) is 1. The molecule has 0 bridgehead atoms. The SMILES string of the molecule is CCCNC(CC(CC)CC)c1ccc(F)c(F)c1Br. The smallest absolute Gasteiger partial charge is 0.173 e. The van der Waals surface area contributed by atoms with Crippen molar-refractivity contribution in [2.75, 3.05) is 6.54 Å². The molecule has 1 atom stereocenters. The molecule has 0 aliphatic rings. The molecule has 1 N–H and O–H groups in total. The number of hydrogen-bond acceptors (Lipinski definition) is 1. The second kappa shape index (κ2) is 8.73. The topological polar surface area (TPSA) is 12.0 Å². The quantitative estimate of drug-likeness (QED) is 0.604. The average molecular weight is 348 g/mol. The lowest BCUT2D eigenvalue weighted by Gasteiger charge is -2.24. The molecule has 1 aromatic carbocycles. The summed E-state index contributed by atoms with van der Waals surface area (Å²) in [6.45, 7) is 7.31. The summed E-state index contributed by atoms with van der Waals surface area (Å²) in [6.07, 6.45) is 4.15. The molecule has 114 valence electrons. The lowest BCUT2D eigenvalue weighted by Crippen LogP contribution is -2.25. The Balaban J connectivity index is 3.00. The summed E-state index contributed by atoms with van der Waals surface area (Å²) < 4.78 is 27.2. The highest BCUT2D eigenvalue weighted by molar-refractivity contribution is 9.10. The molecule has 0 spiro atoms. The molecule has 1 nitrogen and oxygen atoms in total. The van der Waals surface area contributed by atoms with Crippen LogP contribution in [0, 0.1) is 17.6 Å². The van der Waals surface area contributed by atoms with Crippen molar-refractivity contribution in [1.82, 2.24) is 5.32 Å². The number of rotatable bonds is 8. The van der Waals surface area contributed by atoms with Crippen molar-refractivity contribution >= 4 is 15.9 Å². The normalized spacial score (nSPS) is 12.9. The van der Waals surface area contributed by atoms with Crippen molar-refractivity contribution in [3.8, 4) is 0 Å². The van der Waals surface area contributed by atoms with Crippen molar-refractivity contribution < 1.29 is 8.78 Å². The van der Waals surface area contributed by atoms with E-state index in [1.54, 1.807) is 6.07 Å². The van der Waals surface area contributed by atoms with Crippen LogP contribution in [0.2, 0.25) is 0 Å². The maximum absolute atomic E-state index is 13.7. The second-order valence-corrected chi connectivity index (χ2v) is 5.98. The molecule has 0 saturated heterocycles. The van der Waals surface area contributed by atoms with Crippen LogP contribution >= 0.6 is 15.9 Å². The summed E-state index contributed by atoms with van der Waals surface area (Å²) >= 11 is 3.20. The van der Waals surface area contributed by atoms with Gasteiger partial charge in [0.1, 0.15) is 0 Å². The van der Waals surface area contributed by atoms with Gasteiger partial charge in [-0.25, -0.2) is 8.78 Å². The Labute approximate surface area is 129 Å². The molecule has 0 heterocycles. The van der Waals surface area contributed by atoms with Crippen molar-refractivity contribution in [1.29, 1.82) is 0 Å². The van der Waals surface area contributed by atoms with E-state index in [0.29, 0.717) is 5.92 Å². The van der Waals surface area contributed by atoms with Gasteiger partial charge in [-0.3, -0.25) is 0 Å². The standard InChI is InChI=1S/C16H24BrF2N/c1-4-9-20-14(10-11(5-2)6-3)12-7-8-13(18)16(19)15(12)17/h7-8,11,14,20H,4-6,9-10H2,1-3H3. The molecule has 0 aliphatic carbocycles. The van der Waals surface area contributed by atoms with Crippen molar-refractivity contribution in [2.45, 2.75) is 52.5 Å². The highest BCUT2D eigenvalue weighted by Crippen LogP contribution is 2.32. The van der Waals surface area contributed by atoms with E-state index in [1.165, 1.54) is 6.07 Å². The summed E-state index contributed by atoms with van der Waals surface area (Å²) in [4.78, 5) is 0. The largest absolute Gasteiger partial charge is 0.310 e. The van der Waals surface area contributed by atoms with E-state index in [2.05, 4.69) is 42.0 Å². The minimum Gasteiger partial charge on any atom is -0.310 e. The van der Waals surface area contributed by atoms with Crippen LogP contribution in [0.3, 0.4) is 0 Å². The van der Waals surface area contributed by atoms with Crippen molar-refractivity contribution in [3.63, 3.8) is 0 Å². The molecule has 4 heteroatoms. The van der Waals surface area contributed by atoms with Crippen LogP contribution in [0.4, 0.5) is 8.78 Å². The minimum absolute atomic E-state index is 0.0596. The van der Waals surface area contributed by atoms with E-state index in [1.807, 2.05) is 0 Å². The first-order valence-electron chi connectivity index (χ1n) is 7.41. The van der Waals surface area contributed by atoms with Gasteiger partial charge in [-0.1, -0.05) is 39.7 Å². The fourth-order valence-corrected chi connectivity index (χ4v) is 3.00. The molecular formula is C16H24BrF2N. The van der Waals surface area contributed by atoms with Gasteiger partial charge >= 0.3 is 0 Å². The Kier molecular flexibility index (Phi) is 7.67. The molecule has 1 unspecified atom stereocenters. The Hall–Kier alpha value is -0.480. The van der Waals surface area contributed by atoms with Gasteiger partial charge in [0.2, 0.25) is 0 Å². The van der Waals surface area contributed by atoms with Crippen LogP contribution in [0.25, 0.3) is 0 Å².